The summed E-state index contributed by atoms with van der Waals surface area (Å²) in [6.07, 6.45) is 3.56. The van der Waals surface area contributed by atoms with Gasteiger partial charge in [-0.3, -0.25) is 0 Å². The fraction of sp³-hybridized carbons (Fsp3) is 0.462. The van der Waals surface area contributed by atoms with Crippen molar-refractivity contribution in [3.63, 3.8) is 0 Å². The van der Waals surface area contributed by atoms with Gasteiger partial charge in [-0.15, -0.1) is 11.3 Å². The van der Waals surface area contributed by atoms with Gasteiger partial charge in [-0.1, -0.05) is 0 Å². The normalized spacial score (nSPS) is 16.9. The average molecular weight is 293 g/mol. The molecule has 1 aliphatic rings. The van der Waals surface area contributed by atoms with Crippen molar-refractivity contribution < 1.29 is 15.0 Å². The summed E-state index contributed by atoms with van der Waals surface area (Å²) in [7, 11) is 0. The van der Waals surface area contributed by atoms with E-state index in [1.165, 1.54) is 23.7 Å². The summed E-state index contributed by atoms with van der Waals surface area (Å²) in [5.41, 5.74) is 1.22. The van der Waals surface area contributed by atoms with E-state index in [0.29, 0.717) is 5.82 Å². The summed E-state index contributed by atoms with van der Waals surface area (Å²) < 4.78 is 0. The maximum Gasteiger partial charge on any atom is 0.328 e. The van der Waals surface area contributed by atoms with E-state index in [0.717, 1.165) is 29.5 Å². The number of nitrogens with zero attached hydrogens (tertiary/aromatic N) is 2. The molecule has 1 aliphatic carbocycles. The fourth-order valence-corrected chi connectivity index (χ4v) is 3.80. The van der Waals surface area contributed by atoms with Crippen LogP contribution in [0.5, 0.6) is 0 Å². The second-order valence-corrected chi connectivity index (χ2v) is 6.04. The molecule has 0 aromatic carbocycles. The van der Waals surface area contributed by atoms with E-state index < -0.39 is 18.1 Å². The van der Waals surface area contributed by atoms with Crippen LogP contribution >= 0.6 is 11.3 Å². The lowest BCUT2D eigenvalue weighted by molar-refractivity contribution is -0.140. The van der Waals surface area contributed by atoms with Gasteiger partial charge >= 0.3 is 5.97 Å². The topological polar surface area (TPSA) is 95.3 Å². The highest BCUT2D eigenvalue weighted by molar-refractivity contribution is 7.19. The van der Waals surface area contributed by atoms with Crippen molar-refractivity contribution in [2.45, 2.75) is 38.3 Å². The Hall–Kier alpha value is -1.73. The van der Waals surface area contributed by atoms with Crippen LogP contribution in [0.1, 0.15) is 23.8 Å². The number of hydrogen-bond acceptors (Lipinski definition) is 6. The number of aliphatic hydroxyl groups is 1. The highest BCUT2D eigenvalue weighted by Crippen LogP contribution is 2.39. The Morgan fingerprint density at radius 2 is 2.25 bits per heavy atom. The van der Waals surface area contributed by atoms with Crippen LogP contribution in [-0.2, 0) is 17.6 Å². The molecule has 20 heavy (non-hydrogen) atoms. The number of nitrogens with one attached hydrogen (secondary N) is 1. The Balaban J connectivity index is 2.05. The van der Waals surface area contributed by atoms with Gasteiger partial charge in [0.25, 0.3) is 0 Å². The van der Waals surface area contributed by atoms with Gasteiger partial charge in [0.2, 0.25) is 0 Å². The molecule has 2 atom stereocenters. The van der Waals surface area contributed by atoms with Gasteiger partial charge in [0.15, 0.2) is 6.04 Å². The van der Waals surface area contributed by atoms with Crippen LogP contribution in [0.2, 0.25) is 0 Å². The largest absolute Gasteiger partial charge is 0.480 e. The number of rotatable bonds is 4. The van der Waals surface area contributed by atoms with Crippen molar-refractivity contribution in [3.05, 3.63) is 16.8 Å². The summed E-state index contributed by atoms with van der Waals surface area (Å²) in [5, 5.41) is 22.5. The summed E-state index contributed by atoms with van der Waals surface area (Å²) in [6.45, 7) is 1.45. The molecule has 2 heterocycles. The molecule has 3 N–H and O–H groups in total. The third-order valence-electron chi connectivity index (χ3n) is 3.54. The highest BCUT2D eigenvalue weighted by Gasteiger charge is 2.26. The molecule has 0 radical (unpaired) electrons. The van der Waals surface area contributed by atoms with E-state index in [2.05, 4.69) is 15.3 Å². The lowest BCUT2D eigenvalue weighted by Crippen LogP contribution is -2.39. The number of aliphatic hydroxyl groups excluding tert-OH is 1. The number of fused-ring (bicyclic) bond motifs is 3. The fourth-order valence-electron chi connectivity index (χ4n) is 2.57. The standard InChI is InChI=1S/C13H15N3O3S/c1-6(17)10(13(18)19)16-11-9-7-3-2-4-8(7)20-12(9)15-5-14-11/h5-6,10,17H,2-4H2,1H3,(H,18,19)(H,14,15,16)/t6-,10+/m1/s1. The molecule has 0 spiro atoms. The summed E-state index contributed by atoms with van der Waals surface area (Å²) >= 11 is 1.64. The number of carboxylic acids is 1. The van der Waals surface area contributed by atoms with E-state index in [4.69, 9.17) is 5.11 Å². The Morgan fingerprint density at radius 3 is 2.95 bits per heavy atom. The number of carbonyl (C=O) groups is 1. The van der Waals surface area contributed by atoms with Gasteiger partial charge in [-0.2, -0.15) is 0 Å². The quantitative estimate of drug-likeness (QED) is 0.789. The van der Waals surface area contributed by atoms with Crippen LogP contribution in [-0.4, -0.2) is 38.3 Å². The lowest BCUT2D eigenvalue weighted by Gasteiger charge is -2.18. The van der Waals surface area contributed by atoms with E-state index >= 15 is 0 Å². The van der Waals surface area contributed by atoms with Crippen LogP contribution in [0, 0.1) is 0 Å². The Bertz CT molecular complexity index is 668. The van der Waals surface area contributed by atoms with Crippen LogP contribution in [0.15, 0.2) is 6.33 Å². The average Bonchev–Trinajstić information content (AvgIpc) is 2.94. The van der Waals surface area contributed by atoms with Crippen molar-refractivity contribution in [1.82, 2.24) is 9.97 Å². The molecule has 6 nitrogen and oxygen atoms in total. The molecule has 2 aromatic rings. The van der Waals surface area contributed by atoms with Crippen LogP contribution < -0.4 is 5.32 Å². The number of aromatic nitrogens is 2. The van der Waals surface area contributed by atoms with Crippen molar-refractivity contribution in [2.24, 2.45) is 0 Å². The minimum Gasteiger partial charge on any atom is -0.480 e. The molecular weight excluding hydrogens is 278 g/mol. The van der Waals surface area contributed by atoms with E-state index in [-0.39, 0.29) is 0 Å². The van der Waals surface area contributed by atoms with Crippen LogP contribution in [0.25, 0.3) is 10.2 Å². The first-order valence-electron chi connectivity index (χ1n) is 6.50. The second kappa shape index (κ2) is 4.99. The summed E-state index contributed by atoms with van der Waals surface area (Å²) in [5.74, 6) is -0.596. The molecule has 3 rings (SSSR count). The molecule has 2 aromatic heterocycles. The number of carboxylic acid groups (broad SMARTS) is 1. The third kappa shape index (κ3) is 2.12. The van der Waals surface area contributed by atoms with Gasteiger partial charge in [0.1, 0.15) is 17.0 Å². The maximum atomic E-state index is 11.2. The monoisotopic (exact) mass is 293 g/mol. The Morgan fingerprint density at radius 1 is 1.45 bits per heavy atom. The lowest BCUT2D eigenvalue weighted by atomic mass is 10.1. The molecule has 0 aliphatic heterocycles. The predicted molar refractivity (Wildman–Crippen MR) is 76.2 cm³/mol. The number of thiophene rings is 1. The Kier molecular flexibility index (Phi) is 3.31. The molecule has 7 heteroatoms. The van der Waals surface area contributed by atoms with Crippen LogP contribution in [0.3, 0.4) is 0 Å². The van der Waals surface area contributed by atoms with Crippen molar-refractivity contribution >= 4 is 33.3 Å². The van der Waals surface area contributed by atoms with Crippen molar-refractivity contribution in [3.8, 4) is 0 Å². The highest BCUT2D eigenvalue weighted by atomic mass is 32.1. The van der Waals surface area contributed by atoms with E-state index in [9.17, 15) is 9.90 Å². The van der Waals surface area contributed by atoms with Gasteiger partial charge in [-0.25, -0.2) is 14.8 Å². The first kappa shape index (κ1) is 13.3. The van der Waals surface area contributed by atoms with Crippen LogP contribution in [0.4, 0.5) is 5.82 Å². The Labute approximate surface area is 119 Å². The summed E-state index contributed by atoms with van der Waals surface area (Å²) in [4.78, 5) is 21.8. The molecule has 0 unspecified atom stereocenters. The first-order valence-corrected chi connectivity index (χ1v) is 7.32. The van der Waals surface area contributed by atoms with Gasteiger partial charge < -0.3 is 15.5 Å². The van der Waals surface area contributed by atoms with Gasteiger partial charge in [0, 0.05) is 4.88 Å². The number of anilines is 1. The van der Waals surface area contributed by atoms with Crippen molar-refractivity contribution in [2.75, 3.05) is 5.32 Å². The molecule has 0 amide bonds. The zero-order valence-electron chi connectivity index (χ0n) is 11.0. The smallest absolute Gasteiger partial charge is 0.328 e. The molecule has 0 saturated carbocycles. The number of hydrogen-bond donors (Lipinski definition) is 3. The first-order chi connectivity index (χ1) is 9.58. The minimum atomic E-state index is -1.10. The minimum absolute atomic E-state index is 0.503. The number of aliphatic carboxylic acids is 1. The maximum absolute atomic E-state index is 11.2. The third-order valence-corrected chi connectivity index (χ3v) is 4.74. The van der Waals surface area contributed by atoms with Gasteiger partial charge in [0.05, 0.1) is 11.5 Å². The molecule has 0 bridgehead atoms. The SMILES string of the molecule is C[C@@H](O)[C@H](Nc1ncnc2sc3c(c12)CCC3)C(=O)O. The van der Waals surface area contributed by atoms with E-state index in [1.807, 2.05) is 0 Å². The molecule has 106 valence electrons. The number of aryl methyl sites for hydroxylation is 2. The predicted octanol–water partition coefficient (Wildman–Crippen LogP) is 1.43. The van der Waals surface area contributed by atoms with Crippen molar-refractivity contribution in [1.29, 1.82) is 0 Å². The zero-order chi connectivity index (χ0) is 14.3. The summed E-state index contributed by atoms with van der Waals surface area (Å²) in [6, 6.07) is -1.08. The zero-order valence-corrected chi connectivity index (χ0v) is 11.8. The van der Waals surface area contributed by atoms with Gasteiger partial charge in [-0.05, 0) is 31.7 Å². The molecule has 0 fully saturated rings. The second-order valence-electron chi connectivity index (χ2n) is 4.96. The molecule has 0 saturated heterocycles. The molecular formula is C13H15N3O3S. The van der Waals surface area contributed by atoms with E-state index in [1.54, 1.807) is 11.3 Å².